The topological polar surface area (TPSA) is 73.6 Å². The Hall–Kier alpha value is -0.810. The number of rotatable bonds is 7. The van der Waals surface area contributed by atoms with E-state index < -0.39 is 11.7 Å². The maximum atomic E-state index is 11.5. The molecule has 0 unspecified atom stereocenters. The normalized spacial score (nSPS) is 13.2. The van der Waals surface area contributed by atoms with Gasteiger partial charge in [0.2, 0.25) is 0 Å². The number of carbonyl (C=O) groups is 1. The fourth-order valence-corrected chi connectivity index (χ4v) is 1.44. The molecule has 0 saturated carbocycles. The van der Waals surface area contributed by atoms with Crippen molar-refractivity contribution in [3.8, 4) is 0 Å². The zero-order valence-electron chi connectivity index (χ0n) is 14.1. The molecule has 3 N–H and O–H groups in total. The first kappa shape index (κ1) is 19.2. The molecule has 0 aliphatic rings. The van der Waals surface area contributed by atoms with Crippen LogP contribution in [-0.4, -0.2) is 36.0 Å². The van der Waals surface area contributed by atoms with Gasteiger partial charge in [-0.1, -0.05) is 0 Å². The van der Waals surface area contributed by atoms with E-state index in [4.69, 9.17) is 15.2 Å². The molecular weight excluding hydrogens is 256 g/mol. The van der Waals surface area contributed by atoms with Crippen molar-refractivity contribution in [3.05, 3.63) is 0 Å². The van der Waals surface area contributed by atoms with E-state index in [1.165, 1.54) is 0 Å². The molecule has 0 aromatic rings. The molecule has 0 heterocycles. The summed E-state index contributed by atoms with van der Waals surface area (Å²) in [6, 6.07) is 0. The average molecular weight is 288 g/mol. The lowest BCUT2D eigenvalue weighted by atomic mass is 10.0. The minimum Gasteiger partial charge on any atom is -0.444 e. The van der Waals surface area contributed by atoms with Crippen molar-refractivity contribution in [2.45, 2.75) is 78.0 Å². The Morgan fingerprint density at radius 1 is 1.05 bits per heavy atom. The molecular formula is C15H32N2O3. The third-order valence-corrected chi connectivity index (χ3v) is 2.63. The number of nitrogens with two attached hydrogens (primary N) is 1. The molecule has 0 saturated heterocycles. The van der Waals surface area contributed by atoms with Crippen molar-refractivity contribution in [1.82, 2.24) is 5.32 Å². The van der Waals surface area contributed by atoms with E-state index in [0.29, 0.717) is 13.2 Å². The predicted molar refractivity (Wildman–Crippen MR) is 81.8 cm³/mol. The van der Waals surface area contributed by atoms with Crippen molar-refractivity contribution in [3.63, 3.8) is 0 Å². The van der Waals surface area contributed by atoms with E-state index in [1.807, 2.05) is 48.5 Å². The molecule has 0 rings (SSSR count). The van der Waals surface area contributed by atoms with E-state index >= 15 is 0 Å². The van der Waals surface area contributed by atoms with E-state index in [9.17, 15) is 4.79 Å². The molecule has 0 aromatic heterocycles. The fourth-order valence-electron chi connectivity index (χ4n) is 1.44. The number of amides is 1. The Balaban J connectivity index is 3.90. The number of alkyl carbamates (subject to hydrolysis) is 1. The van der Waals surface area contributed by atoms with Crippen LogP contribution in [0.25, 0.3) is 0 Å². The van der Waals surface area contributed by atoms with Crippen LogP contribution in [0.3, 0.4) is 0 Å². The first-order valence-electron chi connectivity index (χ1n) is 7.20. The van der Waals surface area contributed by atoms with E-state index in [2.05, 4.69) is 5.32 Å². The summed E-state index contributed by atoms with van der Waals surface area (Å²) in [5.74, 6) is 0. The summed E-state index contributed by atoms with van der Waals surface area (Å²) in [7, 11) is 0. The highest BCUT2D eigenvalue weighted by atomic mass is 16.6. The quantitative estimate of drug-likeness (QED) is 0.755. The summed E-state index contributed by atoms with van der Waals surface area (Å²) in [6.45, 7) is 14.6. The third-order valence-electron chi connectivity index (χ3n) is 2.63. The van der Waals surface area contributed by atoms with Gasteiger partial charge in [-0.05, 0) is 61.3 Å². The second-order valence-electron chi connectivity index (χ2n) is 7.53. The van der Waals surface area contributed by atoms with Crippen LogP contribution in [0.5, 0.6) is 0 Å². The zero-order chi connectivity index (χ0) is 16.0. The largest absolute Gasteiger partial charge is 0.444 e. The van der Waals surface area contributed by atoms with Gasteiger partial charge in [0, 0.05) is 18.7 Å². The lowest BCUT2D eigenvalue weighted by molar-refractivity contribution is -0.0289. The Labute approximate surface area is 123 Å². The van der Waals surface area contributed by atoms with Crippen LogP contribution in [-0.2, 0) is 9.47 Å². The summed E-state index contributed by atoms with van der Waals surface area (Å²) in [5.41, 5.74) is 4.93. The molecule has 0 atom stereocenters. The molecule has 120 valence electrons. The Morgan fingerprint density at radius 2 is 1.60 bits per heavy atom. The molecule has 0 aromatic carbocycles. The van der Waals surface area contributed by atoms with Gasteiger partial charge in [-0.15, -0.1) is 0 Å². The van der Waals surface area contributed by atoms with Crippen molar-refractivity contribution in [1.29, 1.82) is 0 Å². The van der Waals surface area contributed by atoms with Gasteiger partial charge in [-0.3, -0.25) is 0 Å². The first-order chi connectivity index (χ1) is 8.81. The van der Waals surface area contributed by atoms with Gasteiger partial charge in [0.05, 0.1) is 5.60 Å². The van der Waals surface area contributed by atoms with Gasteiger partial charge in [-0.25, -0.2) is 4.79 Å². The van der Waals surface area contributed by atoms with Gasteiger partial charge in [0.25, 0.3) is 0 Å². The van der Waals surface area contributed by atoms with Crippen molar-refractivity contribution < 1.29 is 14.3 Å². The Bertz CT molecular complexity index is 301. The number of carbonyl (C=O) groups excluding carboxylic acids is 1. The number of hydrogen-bond donors (Lipinski definition) is 2. The average Bonchev–Trinajstić information content (AvgIpc) is 2.10. The van der Waals surface area contributed by atoms with Crippen LogP contribution in [0, 0.1) is 0 Å². The smallest absolute Gasteiger partial charge is 0.407 e. The predicted octanol–water partition coefficient (Wildman–Crippen LogP) is 2.82. The van der Waals surface area contributed by atoms with Crippen LogP contribution in [0.4, 0.5) is 4.79 Å². The highest BCUT2D eigenvalue weighted by Crippen LogP contribution is 2.16. The monoisotopic (exact) mass is 288 g/mol. The van der Waals surface area contributed by atoms with Crippen LogP contribution in [0.15, 0.2) is 0 Å². The maximum absolute atomic E-state index is 11.5. The lowest BCUT2D eigenvalue weighted by Crippen LogP contribution is -2.38. The molecule has 0 spiro atoms. The number of nitrogens with one attached hydrogen (secondary N) is 1. The van der Waals surface area contributed by atoms with E-state index in [0.717, 1.165) is 12.8 Å². The van der Waals surface area contributed by atoms with Gasteiger partial charge in [0.1, 0.15) is 5.60 Å². The minimum atomic E-state index is -0.469. The molecule has 5 nitrogen and oxygen atoms in total. The zero-order valence-corrected chi connectivity index (χ0v) is 14.1. The Morgan fingerprint density at radius 3 is 2.05 bits per heavy atom. The molecule has 0 aliphatic heterocycles. The molecule has 0 aliphatic carbocycles. The van der Waals surface area contributed by atoms with Crippen molar-refractivity contribution in [2.24, 2.45) is 5.73 Å². The summed E-state index contributed by atoms with van der Waals surface area (Å²) in [4.78, 5) is 11.5. The number of ether oxygens (including phenoxy) is 2. The molecule has 1 amide bonds. The van der Waals surface area contributed by atoms with E-state index in [-0.39, 0.29) is 11.1 Å². The minimum absolute atomic E-state index is 0.217. The molecule has 0 fully saturated rings. The summed E-state index contributed by atoms with van der Waals surface area (Å²) in [5, 5.41) is 2.74. The maximum Gasteiger partial charge on any atom is 0.407 e. The second-order valence-corrected chi connectivity index (χ2v) is 7.53. The molecule has 20 heavy (non-hydrogen) atoms. The summed E-state index contributed by atoms with van der Waals surface area (Å²) >= 11 is 0. The van der Waals surface area contributed by atoms with Crippen molar-refractivity contribution >= 4 is 6.09 Å². The second kappa shape index (κ2) is 7.27. The highest BCUT2D eigenvalue weighted by Gasteiger charge is 2.21. The van der Waals surface area contributed by atoms with Crippen LogP contribution in [0.1, 0.15) is 61.3 Å². The highest BCUT2D eigenvalue weighted by molar-refractivity contribution is 5.67. The lowest BCUT2D eigenvalue weighted by Gasteiger charge is -2.28. The van der Waals surface area contributed by atoms with Gasteiger partial charge >= 0.3 is 6.09 Å². The summed E-state index contributed by atoms with van der Waals surface area (Å²) in [6.07, 6.45) is 1.13. The SMILES string of the molecule is CC(C)(N)CCOC(C)(C)CCNC(=O)OC(C)(C)C. The van der Waals surface area contributed by atoms with Crippen LogP contribution in [0.2, 0.25) is 0 Å². The fraction of sp³-hybridized carbons (Fsp3) is 0.933. The van der Waals surface area contributed by atoms with Crippen LogP contribution >= 0.6 is 0 Å². The molecule has 5 heteroatoms. The standard InChI is InChI=1S/C15H32N2O3/c1-13(2,3)20-12(18)17-10-8-15(6,7)19-11-9-14(4,5)16/h8-11,16H2,1-7H3,(H,17,18). The van der Waals surface area contributed by atoms with Gasteiger partial charge in [0.15, 0.2) is 0 Å². The Kier molecular flexibility index (Phi) is 6.98. The summed E-state index contributed by atoms with van der Waals surface area (Å²) < 4.78 is 11.0. The number of hydrogen-bond acceptors (Lipinski definition) is 4. The molecule has 0 radical (unpaired) electrons. The first-order valence-corrected chi connectivity index (χ1v) is 7.20. The third kappa shape index (κ3) is 12.2. The van der Waals surface area contributed by atoms with E-state index in [1.54, 1.807) is 0 Å². The van der Waals surface area contributed by atoms with Gasteiger partial charge in [-0.2, -0.15) is 0 Å². The van der Waals surface area contributed by atoms with Crippen LogP contribution < -0.4 is 11.1 Å². The van der Waals surface area contributed by atoms with Gasteiger partial charge < -0.3 is 20.5 Å². The van der Waals surface area contributed by atoms with Crippen molar-refractivity contribution in [2.75, 3.05) is 13.2 Å². The molecule has 0 bridgehead atoms.